The first-order valence-corrected chi connectivity index (χ1v) is 6.23. The topological polar surface area (TPSA) is 64.4 Å². The number of hydrogen-bond acceptors (Lipinski definition) is 3. The number of carbonyl (C=O) groups is 1. The van der Waals surface area contributed by atoms with Crippen molar-refractivity contribution in [2.45, 2.75) is 58.2 Å². The van der Waals surface area contributed by atoms with Crippen molar-refractivity contribution in [2.75, 3.05) is 6.61 Å². The van der Waals surface area contributed by atoms with Crippen LogP contribution in [-0.2, 0) is 9.53 Å². The monoisotopic (exact) mass is 228 g/mol. The second-order valence-corrected chi connectivity index (χ2v) is 4.76. The highest BCUT2D eigenvalue weighted by Gasteiger charge is 2.26. The van der Waals surface area contributed by atoms with Gasteiger partial charge >= 0.3 is 0 Å². The average Bonchev–Trinajstić information content (AvgIpc) is 2.80. The fourth-order valence-corrected chi connectivity index (χ4v) is 1.92. The van der Waals surface area contributed by atoms with Crippen LogP contribution in [-0.4, -0.2) is 30.7 Å². The number of hydrogen-bond donors (Lipinski definition) is 2. The Morgan fingerprint density at radius 3 is 2.75 bits per heavy atom. The van der Waals surface area contributed by atoms with Crippen LogP contribution in [0.25, 0.3) is 0 Å². The molecule has 0 radical (unpaired) electrons. The van der Waals surface area contributed by atoms with Crippen molar-refractivity contribution in [3.63, 3.8) is 0 Å². The number of nitrogens with one attached hydrogen (secondary N) is 1. The maximum absolute atomic E-state index is 11.8. The zero-order valence-corrected chi connectivity index (χ0v) is 10.5. The van der Waals surface area contributed by atoms with E-state index in [1.807, 2.05) is 20.8 Å². The Kier molecular flexibility index (Phi) is 5.22. The third-order valence-electron chi connectivity index (χ3n) is 3.45. The molecule has 4 unspecified atom stereocenters. The summed E-state index contributed by atoms with van der Waals surface area (Å²) in [4.78, 5) is 11.8. The molecule has 0 aromatic rings. The molecule has 0 saturated carbocycles. The second kappa shape index (κ2) is 6.21. The van der Waals surface area contributed by atoms with Crippen LogP contribution in [0.3, 0.4) is 0 Å². The van der Waals surface area contributed by atoms with Crippen molar-refractivity contribution in [1.29, 1.82) is 0 Å². The Hall–Kier alpha value is -0.610. The molecule has 94 valence electrons. The van der Waals surface area contributed by atoms with Gasteiger partial charge in [0.05, 0.1) is 18.2 Å². The summed E-state index contributed by atoms with van der Waals surface area (Å²) in [6.07, 6.45) is 3.19. The molecule has 1 heterocycles. The maximum Gasteiger partial charge on any atom is 0.237 e. The lowest BCUT2D eigenvalue weighted by molar-refractivity contribution is -0.124. The molecule has 3 N–H and O–H groups in total. The fraction of sp³-hybridized carbons (Fsp3) is 0.917. The first kappa shape index (κ1) is 13.5. The van der Waals surface area contributed by atoms with E-state index in [2.05, 4.69) is 5.32 Å². The predicted molar refractivity (Wildman–Crippen MR) is 64.0 cm³/mol. The molecule has 0 aromatic heterocycles. The van der Waals surface area contributed by atoms with Gasteiger partial charge in [-0.15, -0.1) is 0 Å². The van der Waals surface area contributed by atoms with Gasteiger partial charge in [-0.25, -0.2) is 0 Å². The van der Waals surface area contributed by atoms with Crippen molar-refractivity contribution in [3.8, 4) is 0 Å². The van der Waals surface area contributed by atoms with Crippen molar-refractivity contribution in [1.82, 2.24) is 5.32 Å². The van der Waals surface area contributed by atoms with Gasteiger partial charge in [-0.1, -0.05) is 20.3 Å². The lowest BCUT2D eigenvalue weighted by Gasteiger charge is -2.24. The number of ether oxygens (including phenoxy) is 1. The zero-order chi connectivity index (χ0) is 12.1. The smallest absolute Gasteiger partial charge is 0.237 e. The minimum atomic E-state index is -0.408. The Morgan fingerprint density at radius 1 is 1.56 bits per heavy atom. The summed E-state index contributed by atoms with van der Waals surface area (Å²) < 4.78 is 5.53. The van der Waals surface area contributed by atoms with E-state index in [-0.39, 0.29) is 24.0 Å². The number of nitrogens with two attached hydrogens (primary N) is 1. The summed E-state index contributed by atoms with van der Waals surface area (Å²) in [5, 5.41) is 2.95. The summed E-state index contributed by atoms with van der Waals surface area (Å²) in [6, 6.07) is -0.348. The van der Waals surface area contributed by atoms with Crippen LogP contribution in [0.4, 0.5) is 0 Å². The van der Waals surface area contributed by atoms with Gasteiger partial charge in [0.25, 0.3) is 0 Å². The van der Waals surface area contributed by atoms with E-state index in [1.165, 1.54) is 0 Å². The molecule has 1 fully saturated rings. The normalized spacial score (nSPS) is 26.1. The lowest BCUT2D eigenvalue weighted by Crippen LogP contribution is -2.50. The van der Waals surface area contributed by atoms with Gasteiger partial charge in [-0.05, 0) is 25.7 Å². The molecule has 1 rings (SSSR count). The standard InChI is InChI=1S/C12H24N2O2/c1-4-8(2)11(13)12(15)14-9(3)10-6-5-7-16-10/h8-11H,4-7,13H2,1-3H3,(H,14,15). The Morgan fingerprint density at radius 2 is 2.25 bits per heavy atom. The molecular formula is C12H24N2O2. The van der Waals surface area contributed by atoms with E-state index in [0.717, 1.165) is 25.9 Å². The van der Waals surface area contributed by atoms with E-state index in [9.17, 15) is 4.79 Å². The van der Waals surface area contributed by atoms with E-state index in [4.69, 9.17) is 10.5 Å². The number of amides is 1. The van der Waals surface area contributed by atoms with Crippen LogP contribution in [0.5, 0.6) is 0 Å². The first-order chi connectivity index (χ1) is 7.56. The lowest BCUT2D eigenvalue weighted by atomic mass is 9.99. The van der Waals surface area contributed by atoms with Crippen LogP contribution >= 0.6 is 0 Å². The number of carbonyl (C=O) groups excluding carboxylic acids is 1. The van der Waals surface area contributed by atoms with Gasteiger partial charge in [-0.3, -0.25) is 4.79 Å². The molecular weight excluding hydrogens is 204 g/mol. The Labute approximate surface area is 97.9 Å². The Bertz CT molecular complexity index is 227. The molecule has 4 atom stereocenters. The maximum atomic E-state index is 11.8. The summed E-state index contributed by atoms with van der Waals surface area (Å²) in [5.74, 6) is 0.161. The molecule has 0 aromatic carbocycles. The summed E-state index contributed by atoms with van der Waals surface area (Å²) in [7, 11) is 0. The van der Waals surface area contributed by atoms with Crippen molar-refractivity contribution in [2.24, 2.45) is 11.7 Å². The molecule has 1 saturated heterocycles. The molecule has 4 nitrogen and oxygen atoms in total. The molecule has 16 heavy (non-hydrogen) atoms. The minimum Gasteiger partial charge on any atom is -0.376 e. The summed E-state index contributed by atoms with van der Waals surface area (Å²) >= 11 is 0. The van der Waals surface area contributed by atoms with Crippen molar-refractivity contribution in [3.05, 3.63) is 0 Å². The molecule has 0 spiro atoms. The molecule has 0 bridgehead atoms. The van der Waals surface area contributed by atoms with E-state index >= 15 is 0 Å². The van der Waals surface area contributed by atoms with Gasteiger partial charge in [0.2, 0.25) is 5.91 Å². The van der Waals surface area contributed by atoms with Crippen LogP contribution in [0.1, 0.15) is 40.0 Å². The van der Waals surface area contributed by atoms with Gasteiger partial charge in [0, 0.05) is 6.61 Å². The molecule has 1 aliphatic rings. The van der Waals surface area contributed by atoms with Crippen LogP contribution in [0.15, 0.2) is 0 Å². The molecule has 0 aliphatic carbocycles. The molecule has 1 amide bonds. The third-order valence-corrected chi connectivity index (χ3v) is 3.45. The van der Waals surface area contributed by atoms with Crippen LogP contribution < -0.4 is 11.1 Å². The van der Waals surface area contributed by atoms with Gasteiger partial charge < -0.3 is 15.8 Å². The molecule has 4 heteroatoms. The summed E-state index contributed by atoms with van der Waals surface area (Å²) in [5.41, 5.74) is 5.87. The summed E-state index contributed by atoms with van der Waals surface area (Å²) in [6.45, 7) is 6.84. The van der Waals surface area contributed by atoms with Gasteiger partial charge in [-0.2, -0.15) is 0 Å². The van der Waals surface area contributed by atoms with E-state index < -0.39 is 6.04 Å². The van der Waals surface area contributed by atoms with E-state index in [1.54, 1.807) is 0 Å². The predicted octanol–water partition coefficient (Wildman–Crippen LogP) is 1.04. The third kappa shape index (κ3) is 3.46. The fourth-order valence-electron chi connectivity index (χ4n) is 1.92. The minimum absolute atomic E-state index is 0.0580. The van der Waals surface area contributed by atoms with Crippen LogP contribution in [0.2, 0.25) is 0 Å². The average molecular weight is 228 g/mol. The highest BCUT2D eigenvalue weighted by molar-refractivity contribution is 5.82. The van der Waals surface area contributed by atoms with Crippen molar-refractivity contribution >= 4 is 5.91 Å². The zero-order valence-electron chi connectivity index (χ0n) is 10.5. The Balaban J connectivity index is 2.37. The quantitative estimate of drug-likeness (QED) is 0.739. The SMILES string of the molecule is CCC(C)C(N)C(=O)NC(C)C1CCCO1. The largest absolute Gasteiger partial charge is 0.376 e. The highest BCUT2D eigenvalue weighted by Crippen LogP contribution is 2.15. The van der Waals surface area contributed by atoms with Gasteiger partial charge in [0.1, 0.15) is 0 Å². The van der Waals surface area contributed by atoms with Crippen molar-refractivity contribution < 1.29 is 9.53 Å². The van der Waals surface area contributed by atoms with E-state index in [0.29, 0.717) is 0 Å². The van der Waals surface area contributed by atoms with Crippen LogP contribution in [0, 0.1) is 5.92 Å². The van der Waals surface area contributed by atoms with Gasteiger partial charge in [0.15, 0.2) is 0 Å². The number of rotatable bonds is 5. The molecule has 1 aliphatic heterocycles. The first-order valence-electron chi connectivity index (χ1n) is 6.23. The highest BCUT2D eigenvalue weighted by atomic mass is 16.5. The second-order valence-electron chi connectivity index (χ2n) is 4.76.